The number of carbonyl (C=O) groups is 2. The number of nitrogens with one attached hydrogen (secondary N) is 3. The van der Waals surface area contributed by atoms with Crippen LogP contribution in [0.5, 0.6) is 0 Å². The zero-order valence-corrected chi connectivity index (χ0v) is 23.4. The molecular formula is C25H31ClN6O4S2. The highest BCUT2D eigenvalue weighted by Gasteiger charge is 2.45. The van der Waals surface area contributed by atoms with E-state index in [9.17, 15) is 18.0 Å². The first-order valence-electron chi connectivity index (χ1n) is 12.6. The van der Waals surface area contributed by atoms with E-state index in [1.165, 1.54) is 11.3 Å². The highest BCUT2D eigenvalue weighted by atomic mass is 35.5. The van der Waals surface area contributed by atoms with Crippen molar-refractivity contribution in [3.05, 3.63) is 50.6 Å². The zero-order valence-electron chi connectivity index (χ0n) is 21.0. The molecule has 204 valence electrons. The molecule has 2 aromatic heterocycles. The third-order valence-electron chi connectivity index (χ3n) is 7.31. The van der Waals surface area contributed by atoms with Gasteiger partial charge in [-0.3, -0.25) is 14.5 Å². The van der Waals surface area contributed by atoms with Crippen LogP contribution in [0.2, 0.25) is 5.02 Å². The third kappa shape index (κ3) is 5.80. The Labute approximate surface area is 230 Å². The van der Waals surface area contributed by atoms with Gasteiger partial charge in [0.2, 0.25) is 15.8 Å². The largest absolute Gasteiger partial charge is 0.352 e. The molecule has 0 radical (unpaired) electrons. The summed E-state index contributed by atoms with van der Waals surface area (Å²) in [5, 5.41) is 4.79. The maximum Gasteiger partial charge on any atom is 0.280 e. The summed E-state index contributed by atoms with van der Waals surface area (Å²) in [6.07, 6.45) is 4.57. The number of H-pyrrole nitrogens is 1. The molecule has 38 heavy (non-hydrogen) atoms. The summed E-state index contributed by atoms with van der Waals surface area (Å²) in [6, 6.07) is 6.62. The first kappa shape index (κ1) is 27.2. The quantitative estimate of drug-likeness (QED) is 0.300. The van der Waals surface area contributed by atoms with Gasteiger partial charge in [0.1, 0.15) is 5.54 Å². The van der Waals surface area contributed by atoms with Gasteiger partial charge in [-0.15, -0.1) is 11.3 Å². The minimum atomic E-state index is -3.23. The number of nitrogens with two attached hydrogens (primary N) is 1. The van der Waals surface area contributed by atoms with Crippen LogP contribution in [-0.4, -0.2) is 72.4 Å². The van der Waals surface area contributed by atoms with E-state index in [2.05, 4.69) is 24.9 Å². The van der Waals surface area contributed by atoms with Gasteiger partial charge < -0.3 is 16.0 Å². The second-order valence-corrected chi connectivity index (χ2v) is 13.5. The van der Waals surface area contributed by atoms with Gasteiger partial charge in [0.05, 0.1) is 23.7 Å². The first-order valence-corrected chi connectivity index (χ1v) is 15.7. The van der Waals surface area contributed by atoms with Crippen molar-refractivity contribution in [3.63, 3.8) is 0 Å². The standard InChI is InChI=1S/C25H31ClN6O4S2/c1-38(35,36)28-9-11-32-10-7-18-20(14-32)37-24(30-18)23(34)31-21-4-2-3-8-25(21,27)22(33)19-13-15-12-16(26)5-6-17(15)29-19/h5-6,12-13,21,28-29H,2-4,7-11,14,27H2,1H3,(H,31,34). The van der Waals surface area contributed by atoms with Crippen molar-refractivity contribution in [2.24, 2.45) is 5.73 Å². The molecule has 0 saturated heterocycles. The van der Waals surface area contributed by atoms with Gasteiger partial charge in [-0.25, -0.2) is 18.1 Å². The fraction of sp³-hybridized carbons (Fsp3) is 0.480. The molecule has 2 atom stereocenters. The van der Waals surface area contributed by atoms with Crippen LogP contribution in [-0.2, 0) is 23.0 Å². The number of hydrogen-bond acceptors (Lipinski definition) is 8. The molecule has 3 heterocycles. The van der Waals surface area contributed by atoms with E-state index in [1.807, 2.05) is 6.07 Å². The number of sulfonamides is 1. The molecular weight excluding hydrogens is 548 g/mol. The fourth-order valence-corrected chi connectivity index (χ4v) is 6.99. The average molecular weight is 579 g/mol. The molecule has 1 aromatic carbocycles. The molecule has 1 saturated carbocycles. The van der Waals surface area contributed by atoms with Crippen LogP contribution in [0.3, 0.4) is 0 Å². The molecule has 1 aliphatic carbocycles. The molecule has 5 N–H and O–H groups in total. The van der Waals surface area contributed by atoms with Gasteiger partial charge in [-0.2, -0.15) is 0 Å². The minimum Gasteiger partial charge on any atom is -0.352 e. The molecule has 1 amide bonds. The first-order chi connectivity index (χ1) is 18.0. The second-order valence-electron chi connectivity index (χ2n) is 10.1. The predicted molar refractivity (Wildman–Crippen MR) is 148 cm³/mol. The number of aromatic nitrogens is 2. The summed E-state index contributed by atoms with van der Waals surface area (Å²) in [5.74, 6) is -0.556. The van der Waals surface area contributed by atoms with Gasteiger partial charge in [-0.1, -0.05) is 24.4 Å². The molecule has 13 heteroatoms. The lowest BCUT2D eigenvalue weighted by Gasteiger charge is -2.39. The highest BCUT2D eigenvalue weighted by Crippen LogP contribution is 2.32. The monoisotopic (exact) mass is 578 g/mol. The molecule has 5 rings (SSSR count). The van der Waals surface area contributed by atoms with Gasteiger partial charge in [0, 0.05) is 53.4 Å². The van der Waals surface area contributed by atoms with Crippen molar-refractivity contribution in [3.8, 4) is 0 Å². The molecule has 10 nitrogen and oxygen atoms in total. The lowest BCUT2D eigenvalue weighted by Crippen LogP contribution is -2.64. The number of Topliss-reactive ketones (excluding diaryl/α,β-unsaturated/α-hetero) is 1. The Kier molecular flexibility index (Phi) is 7.64. The summed E-state index contributed by atoms with van der Waals surface area (Å²) >= 11 is 7.44. The van der Waals surface area contributed by atoms with Crippen LogP contribution in [0.25, 0.3) is 10.9 Å². The summed E-state index contributed by atoms with van der Waals surface area (Å²) in [4.78, 5) is 37.8. The number of fused-ring (bicyclic) bond motifs is 2. The van der Waals surface area contributed by atoms with E-state index in [-0.39, 0.29) is 11.7 Å². The number of nitrogens with zero attached hydrogens (tertiary/aromatic N) is 2. The van der Waals surface area contributed by atoms with E-state index < -0.39 is 21.6 Å². The summed E-state index contributed by atoms with van der Waals surface area (Å²) < 4.78 is 25.1. The van der Waals surface area contributed by atoms with Crippen molar-refractivity contribution in [1.82, 2.24) is 24.9 Å². The Balaban J connectivity index is 1.28. The smallest absolute Gasteiger partial charge is 0.280 e. The van der Waals surface area contributed by atoms with Crippen LogP contribution in [0.1, 0.15) is 56.5 Å². The Morgan fingerprint density at radius 3 is 2.92 bits per heavy atom. The fourth-order valence-electron chi connectivity index (χ4n) is 5.29. The normalized spacial score (nSPS) is 22.3. The summed E-state index contributed by atoms with van der Waals surface area (Å²) in [5.41, 5.74) is 7.62. The molecule has 3 aromatic rings. The van der Waals surface area contributed by atoms with Gasteiger partial charge in [-0.05, 0) is 37.1 Å². The molecule has 0 bridgehead atoms. The van der Waals surface area contributed by atoms with Crippen molar-refractivity contribution < 1.29 is 18.0 Å². The number of hydrogen-bond donors (Lipinski definition) is 4. The number of halogens is 1. The number of benzene rings is 1. The average Bonchev–Trinajstić information content (AvgIpc) is 3.48. The summed E-state index contributed by atoms with van der Waals surface area (Å²) in [6.45, 7) is 2.25. The number of amides is 1. The van der Waals surface area contributed by atoms with Gasteiger partial charge in [0.25, 0.3) is 5.91 Å². The number of rotatable bonds is 8. The van der Waals surface area contributed by atoms with E-state index in [0.29, 0.717) is 54.6 Å². The summed E-state index contributed by atoms with van der Waals surface area (Å²) in [7, 11) is -3.23. The van der Waals surface area contributed by atoms with E-state index in [0.717, 1.165) is 47.1 Å². The molecule has 1 aliphatic heterocycles. The second kappa shape index (κ2) is 10.7. The van der Waals surface area contributed by atoms with Crippen LogP contribution < -0.4 is 15.8 Å². The van der Waals surface area contributed by atoms with Gasteiger partial charge >= 0.3 is 0 Å². The topological polar surface area (TPSA) is 150 Å². The van der Waals surface area contributed by atoms with Crippen molar-refractivity contribution >= 4 is 55.6 Å². The Morgan fingerprint density at radius 1 is 1.32 bits per heavy atom. The number of aromatic amines is 1. The maximum absolute atomic E-state index is 13.6. The van der Waals surface area contributed by atoms with Crippen LogP contribution in [0.4, 0.5) is 0 Å². The lowest BCUT2D eigenvalue weighted by atomic mass is 9.74. The van der Waals surface area contributed by atoms with Crippen molar-refractivity contribution in [1.29, 1.82) is 0 Å². The Bertz CT molecular complexity index is 1490. The van der Waals surface area contributed by atoms with Crippen molar-refractivity contribution in [2.45, 2.75) is 50.2 Å². The van der Waals surface area contributed by atoms with Gasteiger partial charge in [0.15, 0.2) is 5.01 Å². The predicted octanol–water partition coefficient (Wildman–Crippen LogP) is 2.44. The SMILES string of the molecule is CS(=O)(=O)NCCN1CCc2nc(C(=O)NC3CCCCC3(N)C(=O)c3cc4cc(Cl)ccc4[nH]3)sc2C1. The Morgan fingerprint density at radius 2 is 2.13 bits per heavy atom. The Hall–Kier alpha value is -2.35. The van der Waals surface area contributed by atoms with Crippen LogP contribution in [0, 0.1) is 0 Å². The molecule has 2 aliphatic rings. The van der Waals surface area contributed by atoms with E-state index >= 15 is 0 Å². The molecule has 0 spiro atoms. The molecule has 2 unspecified atom stereocenters. The lowest BCUT2D eigenvalue weighted by molar-refractivity contribution is 0.0755. The zero-order chi connectivity index (χ0) is 27.1. The number of carbonyl (C=O) groups excluding carboxylic acids is 2. The minimum absolute atomic E-state index is 0.230. The maximum atomic E-state index is 13.6. The molecule has 1 fully saturated rings. The van der Waals surface area contributed by atoms with Crippen LogP contribution >= 0.6 is 22.9 Å². The van der Waals surface area contributed by atoms with E-state index in [4.69, 9.17) is 17.3 Å². The third-order valence-corrected chi connectivity index (χ3v) is 9.35. The highest BCUT2D eigenvalue weighted by molar-refractivity contribution is 7.88. The van der Waals surface area contributed by atoms with Crippen LogP contribution in [0.15, 0.2) is 24.3 Å². The number of thiazole rings is 1. The van der Waals surface area contributed by atoms with Crippen molar-refractivity contribution in [2.75, 3.05) is 25.9 Å². The number of ketones is 1. The van der Waals surface area contributed by atoms with E-state index in [1.54, 1.807) is 18.2 Å².